The van der Waals surface area contributed by atoms with Crippen molar-refractivity contribution in [1.82, 2.24) is 5.01 Å². The average Bonchev–Trinajstić information content (AvgIpc) is 2.77. The number of nitrogens with zero attached hydrogens (tertiary/aromatic N) is 4. The van der Waals surface area contributed by atoms with Gasteiger partial charge in [-0.15, -0.1) is 0 Å². The van der Waals surface area contributed by atoms with Crippen molar-refractivity contribution in [1.29, 1.82) is 0 Å². The van der Waals surface area contributed by atoms with Gasteiger partial charge in [0.1, 0.15) is 6.34 Å². The maximum atomic E-state index is 4.46. The predicted molar refractivity (Wildman–Crippen MR) is 63.2 cm³/mol. The molecule has 0 saturated heterocycles. The lowest BCUT2D eigenvalue weighted by molar-refractivity contribution is 0.683. The van der Waals surface area contributed by atoms with Crippen molar-refractivity contribution in [2.24, 2.45) is 14.5 Å². The van der Waals surface area contributed by atoms with E-state index in [1.54, 1.807) is 11.3 Å². The molecule has 0 atom stereocenters. The van der Waals surface area contributed by atoms with Crippen molar-refractivity contribution in [3.63, 3.8) is 0 Å². The second-order valence-electron chi connectivity index (χ2n) is 3.17. The summed E-state index contributed by atoms with van der Waals surface area (Å²) < 4.78 is 4.04. The van der Waals surface area contributed by atoms with E-state index in [1.807, 2.05) is 30.3 Å². The summed E-state index contributed by atoms with van der Waals surface area (Å²) >= 11 is 1.36. The van der Waals surface area contributed by atoms with Gasteiger partial charge in [0, 0.05) is 0 Å². The number of hydrogen-bond donors (Lipinski definition) is 0. The summed E-state index contributed by atoms with van der Waals surface area (Å²) in [5.74, 6) is 0. The van der Waals surface area contributed by atoms with Crippen LogP contribution in [0, 0.1) is 0 Å². The Balaban J connectivity index is 1.94. The van der Waals surface area contributed by atoms with E-state index < -0.39 is 0 Å². The van der Waals surface area contributed by atoms with Crippen LogP contribution in [0.2, 0.25) is 0 Å². The van der Waals surface area contributed by atoms with Gasteiger partial charge in [0.05, 0.1) is 24.2 Å². The Bertz CT molecular complexity index is 464. The lowest BCUT2D eigenvalue weighted by Crippen LogP contribution is -2.26. The van der Waals surface area contributed by atoms with Crippen molar-refractivity contribution < 1.29 is 0 Å². The van der Waals surface area contributed by atoms with Gasteiger partial charge in [0.25, 0.3) is 0 Å². The highest BCUT2D eigenvalue weighted by Crippen LogP contribution is 2.20. The third-order valence-electron chi connectivity index (χ3n) is 2.19. The highest BCUT2D eigenvalue weighted by Gasteiger charge is 2.20. The summed E-state index contributed by atoms with van der Waals surface area (Å²) in [5, 5.41) is 7.04. The molecule has 0 bridgehead atoms. The van der Waals surface area contributed by atoms with Crippen LogP contribution in [0.4, 0.5) is 0 Å². The molecule has 0 saturated carbocycles. The number of aliphatic imine (C=N–C) groups is 1. The molecule has 0 aliphatic carbocycles. The molecule has 0 spiro atoms. The van der Waals surface area contributed by atoms with E-state index in [4.69, 9.17) is 0 Å². The van der Waals surface area contributed by atoms with Crippen LogP contribution in [0.15, 0.2) is 44.8 Å². The molecule has 0 amide bonds. The molecule has 3 rings (SSSR count). The van der Waals surface area contributed by atoms with E-state index in [-0.39, 0.29) is 0 Å². The molecule has 2 aliphatic heterocycles. The van der Waals surface area contributed by atoms with Crippen LogP contribution in [0.1, 0.15) is 5.56 Å². The van der Waals surface area contributed by atoms with Crippen LogP contribution < -0.4 is 0 Å². The smallest absolute Gasteiger partial charge is 0.208 e. The third-order valence-corrected chi connectivity index (χ3v) is 2.87. The van der Waals surface area contributed by atoms with Gasteiger partial charge in [-0.05, 0) is 5.56 Å². The Hall–Kier alpha value is -1.62. The van der Waals surface area contributed by atoms with Crippen molar-refractivity contribution in [3.05, 3.63) is 35.9 Å². The number of benzene rings is 1. The van der Waals surface area contributed by atoms with Gasteiger partial charge in [-0.2, -0.15) is 14.5 Å². The van der Waals surface area contributed by atoms with Crippen LogP contribution in [0.25, 0.3) is 0 Å². The van der Waals surface area contributed by atoms with Gasteiger partial charge in [-0.3, -0.25) is 4.99 Å². The molecule has 1 aromatic carbocycles. The van der Waals surface area contributed by atoms with E-state index in [9.17, 15) is 0 Å². The number of rotatable bonds is 1. The molecule has 5 heteroatoms. The minimum atomic E-state index is 0.631. The van der Waals surface area contributed by atoms with Gasteiger partial charge in [-0.1, -0.05) is 30.3 Å². The van der Waals surface area contributed by atoms with Gasteiger partial charge >= 0.3 is 0 Å². The predicted octanol–water partition coefficient (Wildman–Crippen LogP) is 1.75. The summed E-state index contributed by atoms with van der Waals surface area (Å²) in [6, 6.07) is 10.1. The fourth-order valence-corrected chi connectivity index (χ4v) is 1.98. The van der Waals surface area contributed by atoms with Gasteiger partial charge < -0.3 is 0 Å². The molecular formula is C10H8N4S. The minimum absolute atomic E-state index is 0.631. The summed E-state index contributed by atoms with van der Waals surface area (Å²) in [5.41, 5.74) is 2.10. The van der Waals surface area contributed by atoms with E-state index in [2.05, 4.69) is 14.5 Å². The third kappa shape index (κ3) is 1.55. The Labute approximate surface area is 91.6 Å². The number of fused-ring (bicyclic) bond motifs is 1. The molecule has 0 unspecified atom stereocenters. The van der Waals surface area contributed by atoms with Crippen molar-refractivity contribution in [2.75, 3.05) is 6.54 Å². The van der Waals surface area contributed by atoms with Gasteiger partial charge in [0.2, 0.25) is 5.17 Å². The van der Waals surface area contributed by atoms with E-state index in [0.717, 1.165) is 16.4 Å². The van der Waals surface area contributed by atoms with Crippen molar-refractivity contribution in [2.45, 2.75) is 0 Å². The first-order valence-corrected chi connectivity index (χ1v) is 5.38. The van der Waals surface area contributed by atoms with Crippen molar-refractivity contribution in [3.8, 4) is 0 Å². The zero-order valence-electron chi connectivity index (χ0n) is 7.87. The fourth-order valence-electron chi connectivity index (χ4n) is 1.46. The highest BCUT2D eigenvalue weighted by atomic mass is 32.2. The molecule has 1 aromatic rings. The molecular weight excluding hydrogens is 208 g/mol. The molecule has 0 N–H and O–H groups in total. The van der Waals surface area contributed by atoms with E-state index in [0.29, 0.717) is 6.54 Å². The van der Waals surface area contributed by atoms with Crippen molar-refractivity contribution >= 4 is 29.2 Å². The normalized spacial score (nSPS) is 18.5. The monoisotopic (exact) mass is 216 g/mol. The van der Waals surface area contributed by atoms with Gasteiger partial charge in [-0.25, -0.2) is 0 Å². The number of amidine groups is 1. The first-order valence-electron chi connectivity index (χ1n) is 4.60. The van der Waals surface area contributed by atoms with E-state index in [1.165, 1.54) is 11.9 Å². The first-order chi connectivity index (χ1) is 7.43. The fraction of sp³-hybridized carbons (Fsp3) is 0.100. The lowest BCUT2D eigenvalue weighted by Gasteiger charge is -2.15. The summed E-state index contributed by atoms with van der Waals surface area (Å²) in [7, 11) is 0. The molecule has 0 aromatic heterocycles. The summed E-state index contributed by atoms with van der Waals surface area (Å²) in [6.45, 7) is 0.631. The van der Waals surface area contributed by atoms with E-state index >= 15 is 0 Å². The highest BCUT2D eigenvalue weighted by molar-refractivity contribution is 8.13. The largest absolute Gasteiger partial charge is 0.253 e. The molecule has 2 heterocycles. The Morgan fingerprint density at radius 2 is 2.07 bits per heavy atom. The van der Waals surface area contributed by atoms with Gasteiger partial charge in [0.15, 0.2) is 0 Å². The zero-order chi connectivity index (χ0) is 10.1. The quantitative estimate of drug-likeness (QED) is 0.671. The Morgan fingerprint density at radius 3 is 2.93 bits per heavy atom. The molecule has 2 aliphatic rings. The number of hydrazone groups is 1. The maximum Gasteiger partial charge on any atom is 0.208 e. The molecule has 0 radical (unpaired) electrons. The summed E-state index contributed by atoms with van der Waals surface area (Å²) in [6.07, 6.45) is 1.69. The Kier molecular flexibility index (Phi) is 2.03. The van der Waals surface area contributed by atoms with Crippen LogP contribution in [-0.2, 0) is 0 Å². The SMILES string of the molecule is C1=NSC2=NCC(c3ccccc3)=NN12. The molecule has 15 heavy (non-hydrogen) atoms. The maximum absolute atomic E-state index is 4.46. The average molecular weight is 216 g/mol. The molecule has 74 valence electrons. The first kappa shape index (κ1) is 8.67. The zero-order valence-corrected chi connectivity index (χ0v) is 8.68. The second kappa shape index (κ2) is 3.51. The summed E-state index contributed by atoms with van der Waals surface area (Å²) in [4.78, 5) is 4.40. The van der Waals surface area contributed by atoms with Crippen LogP contribution >= 0.6 is 11.9 Å². The molecule has 0 fully saturated rings. The second-order valence-corrected chi connectivity index (χ2v) is 3.93. The number of hydrogen-bond acceptors (Lipinski definition) is 5. The van der Waals surface area contributed by atoms with Crippen LogP contribution in [0.3, 0.4) is 0 Å². The standard InChI is InChI=1S/C10H8N4S/c1-2-4-8(5-3-1)9-6-11-10-14(13-9)7-12-15-10/h1-5,7H,6H2. The van der Waals surface area contributed by atoms with Crippen LogP contribution in [0.5, 0.6) is 0 Å². The topological polar surface area (TPSA) is 40.3 Å². The minimum Gasteiger partial charge on any atom is -0.253 e. The lowest BCUT2D eigenvalue weighted by atomic mass is 10.1. The Morgan fingerprint density at radius 1 is 1.20 bits per heavy atom. The molecule has 4 nitrogen and oxygen atoms in total. The van der Waals surface area contributed by atoms with Crippen LogP contribution in [-0.4, -0.2) is 28.8 Å².